The zero-order valence-electron chi connectivity index (χ0n) is 26.0. The van der Waals surface area contributed by atoms with Crippen molar-refractivity contribution in [3.63, 3.8) is 0 Å². The Labute approximate surface area is 285 Å². The van der Waals surface area contributed by atoms with Crippen molar-refractivity contribution in [1.82, 2.24) is 29.0 Å². The molecule has 17 heteroatoms. The monoisotopic (exact) mass is 715 g/mol. The molecule has 6 heterocycles. The second-order valence-electron chi connectivity index (χ2n) is 12.0. The van der Waals surface area contributed by atoms with Gasteiger partial charge in [0.2, 0.25) is 11.7 Å². The van der Waals surface area contributed by atoms with E-state index in [-0.39, 0.29) is 58.4 Å². The number of aromatic hydroxyl groups is 1. The van der Waals surface area contributed by atoms with Gasteiger partial charge in [0.1, 0.15) is 12.3 Å². The third-order valence-corrected chi connectivity index (χ3v) is 11.0. The van der Waals surface area contributed by atoms with Gasteiger partial charge in [-0.1, -0.05) is 17.7 Å². The molecule has 0 aliphatic carbocycles. The van der Waals surface area contributed by atoms with Gasteiger partial charge < -0.3 is 24.6 Å². The number of thioether (sulfide) groups is 1. The molecule has 1 saturated heterocycles. The predicted octanol–water partition coefficient (Wildman–Crippen LogP) is 5.05. The average molecular weight is 716 g/mol. The molecule has 0 saturated carbocycles. The van der Waals surface area contributed by atoms with E-state index in [9.17, 15) is 32.7 Å². The van der Waals surface area contributed by atoms with Gasteiger partial charge in [-0.25, -0.2) is 4.98 Å². The molecule has 0 unspecified atom stereocenters. The van der Waals surface area contributed by atoms with Crippen LogP contribution >= 0.6 is 23.4 Å². The van der Waals surface area contributed by atoms with Crippen molar-refractivity contribution < 1.29 is 32.6 Å². The zero-order valence-corrected chi connectivity index (χ0v) is 27.5. The Morgan fingerprint density at radius 2 is 2.00 bits per heavy atom. The number of amides is 2. The summed E-state index contributed by atoms with van der Waals surface area (Å²) in [4.78, 5) is 51.5. The maximum atomic E-state index is 14.4. The molecule has 0 radical (unpaired) electrons. The first-order valence-electron chi connectivity index (χ1n) is 15.4. The van der Waals surface area contributed by atoms with Gasteiger partial charge in [0.15, 0.2) is 11.5 Å². The van der Waals surface area contributed by atoms with E-state index in [0.29, 0.717) is 49.6 Å². The number of alkyl halides is 3. The van der Waals surface area contributed by atoms with Gasteiger partial charge in [-0.2, -0.15) is 22.7 Å². The van der Waals surface area contributed by atoms with E-state index in [4.69, 9.17) is 21.3 Å². The minimum absolute atomic E-state index is 0.00206. The number of nitrogens with one attached hydrogen (secondary N) is 1. The number of benzene rings is 1. The minimum Gasteiger partial charge on any atom is -0.505 e. The molecule has 1 atom stereocenters. The summed E-state index contributed by atoms with van der Waals surface area (Å²) in [7, 11) is 0. The van der Waals surface area contributed by atoms with Crippen LogP contribution in [0.1, 0.15) is 64.6 Å². The first-order chi connectivity index (χ1) is 23.4. The molecule has 3 aliphatic rings. The van der Waals surface area contributed by atoms with Crippen LogP contribution in [0.2, 0.25) is 5.02 Å². The number of hydrogen-bond acceptors (Lipinski definition) is 9. The van der Waals surface area contributed by atoms with Crippen molar-refractivity contribution in [3.8, 4) is 5.75 Å². The van der Waals surface area contributed by atoms with E-state index in [1.165, 1.54) is 22.8 Å². The fourth-order valence-electron chi connectivity index (χ4n) is 6.68. The fraction of sp³-hybridized carbons (Fsp3) is 0.375. The van der Waals surface area contributed by atoms with Crippen LogP contribution in [-0.2, 0) is 27.0 Å². The quantitative estimate of drug-likeness (QED) is 0.290. The Kier molecular flexibility index (Phi) is 8.43. The number of piperidine rings is 1. The molecular weight excluding hydrogens is 687 g/mol. The summed E-state index contributed by atoms with van der Waals surface area (Å²) in [5.74, 6) is -0.763. The van der Waals surface area contributed by atoms with Crippen molar-refractivity contribution in [2.75, 3.05) is 31.6 Å². The number of carbonyl (C=O) groups is 2. The molecule has 1 fully saturated rings. The second-order valence-corrected chi connectivity index (χ2v) is 14.1. The van der Waals surface area contributed by atoms with Gasteiger partial charge in [-0.3, -0.25) is 14.4 Å². The molecule has 3 aromatic heterocycles. The normalized spacial score (nSPS) is 18.8. The maximum absolute atomic E-state index is 14.4. The summed E-state index contributed by atoms with van der Waals surface area (Å²) < 4.78 is 47.1. The lowest BCUT2D eigenvalue weighted by Crippen LogP contribution is -2.45. The molecule has 0 bridgehead atoms. The second kappa shape index (κ2) is 12.5. The molecule has 256 valence electrons. The van der Waals surface area contributed by atoms with E-state index in [1.807, 2.05) is 13.0 Å². The van der Waals surface area contributed by atoms with Gasteiger partial charge in [0, 0.05) is 30.2 Å². The van der Waals surface area contributed by atoms with Crippen LogP contribution in [0.5, 0.6) is 5.75 Å². The number of hydrogen-bond donors (Lipinski definition) is 2. The number of nitrogens with zero attached hydrogens (tertiary/aromatic N) is 6. The van der Waals surface area contributed by atoms with E-state index in [0.717, 1.165) is 23.8 Å². The van der Waals surface area contributed by atoms with Gasteiger partial charge in [-0.05, 0) is 62.1 Å². The minimum atomic E-state index is -4.60. The highest BCUT2D eigenvalue weighted by Gasteiger charge is 2.50. The van der Waals surface area contributed by atoms with Crippen molar-refractivity contribution in [1.29, 1.82) is 0 Å². The zero-order chi connectivity index (χ0) is 34.7. The molecule has 1 spiro atoms. The lowest BCUT2D eigenvalue weighted by atomic mass is 9.87. The SMILES string of the molecule is C[C@H]1SC2(CCN(C(=O)c3ncccc3O)CC2)c2c1n(CC(=O)Nc1ccc(C(F)(F)F)cc1Cl)c1nc(C3=CCOCC3)nn1c2=O. The Hall–Kier alpha value is -4.41. The van der Waals surface area contributed by atoms with Crippen LogP contribution in [0.15, 0.2) is 47.4 Å². The van der Waals surface area contributed by atoms with E-state index in [2.05, 4.69) is 15.4 Å². The largest absolute Gasteiger partial charge is 0.505 e. The Balaban J connectivity index is 1.26. The highest BCUT2D eigenvalue weighted by molar-refractivity contribution is 8.00. The van der Waals surface area contributed by atoms with Crippen LogP contribution in [0, 0.1) is 0 Å². The summed E-state index contributed by atoms with van der Waals surface area (Å²) in [6.45, 7) is 2.98. The highest BCUT2D eigenvalue weighted by Crippen LogP contribution is 2.58. The molecule has 2 amide bonds. The molecule has 12 nitrogen and oxygen atoms in total. The number of pyridine rings is 1. The van der Waals surface area contributed by atoms with Crippen LogP contribution in [-0.4, -0.2) is 72.3 Å². The van der Waals surface area contributed by atoms with Gasteiger partial charge in [0.25, 0.3) is 11.5 Å². The molecule has 1 aromatic carbocycles. The molecule has 7 rings (SSSR count). The molecule has 4 aromatic rings. The Morgan fingerprint density at radius 3 is 2.67 bits per heavy atom. The number of carbonyl (C=O) groups excluding carboxylic acids is 2. The predicted molar refractivity (Wildman–Crippen MR) is 174 cm³/mol. The van der Waals surface area contributed by atoms with E-state index in [1.54, 1.807) is 21.2 Å². The van der Waals surface area contributed by atoms with Crippen molar-refractivity contribution >= 4 is 52.2 Å². The van der Waals surface area contributed by atoms with Crippen LogP contribution in [0.3, 0.4) is 0 Å². The molecule has 2 N–H and O–H groups in total. The maximum Gasteiger partial charge on any atom is 0.416 e. The topological polar surface area (TPSA) is 144 Å². The summed E-state index contributed by atoms with van der Waals surface area (Å²) >= 11 is 7.69. The van der Waals surface area contributed by atoms with Crippen LogP contribution in [0.25, 0.3) is 11.4 Å². The highest BCUT2D eigenvalue weighted by atomic mass is 35.5. The lowest BCUT2D eigenvalue weighted by Gasteiger charge is -2.39. The lowest BCUT2D eigenvalue weighted by molar-refractivity contribution is -0.137. The molecule has 49 heavy (non-hydrogen) atoms. The van der Waals surface area contributed by atoms with E-state index < -0.39 is 28.3 Å². The number of ether oxygens (including phenoxy) is 1. The fourth-order valence-corrected chi connectivity index (χ4v) is 8.66. The van der Waals surface area contributed by atoms with Gasteiger partial charge in [-0.15, -0.1) is 16.9 Å². The first kappa shape index (κ1) is 33.1. The number of rotatable bonds is 5. The third kappa shape index (κ3) is 5.95. The summed E-state index contributed by atoms with van der Waals surface area (Å²) in [5.41, 5.74) is 0.460. The molecular formula is C32H29ClF3N7O5S. The van der Waals surface area contributed by atoms with Crippen LogP contribution < -0.4 is 10.9 Å². The third-order valence-electron chi connectivity index (χ3n) is 9.00. The summed E-state index contributed by atoms with van der Waals surface area (Å²) in [6, 6.07) is 5.60. The smallest absolute Gasteiger partial charge is 0.416 e. The average Bonchev–Trinajstić information content (AvgIpc) is 3.64. The standard InChI is InChI=1S/C32H29ClF3N7O5S/c1-17-26-24(31(49-17)8-11-41(12-9-31)29(47)25-22(44)3-2-10-37-25)28(46)43-30(39-27(40-43)18-6-13-48-14-7-18)42(26)16-23(45)38-21-5-4-19(15-20(21)33)32(34,35)36/h2-6,10,15,17,44H,7-9,11-14,16H2,1H3,(H,38,45)/t17-/m1/s1. The molecule has 3 aliphatic heterocycles. The summed E-state index contributed by atoms with van der Waals surface area (Å²) in [5, 5.41) is 16.8. The Bertz CT molecular complexity index is 2090. The Morgan fingerprint density at radius 1 is 1.22 bits per heavy atom. The van der Waals surface area contributed by atoms with Gasteiger partial charge >= 0.3 is 6.18 Å². The van der Waals surface area contributed by atoms with Crippen molar-refractivity contribution in [2.45, 2.75) is 48.9 Å². The van der Waals surface area contributed by atoms with Crippen LogP contribution in [0.4, 0.5) is 18.9 Å². The number of aromatic nitrogens is 5. The first-order valence-corrected chi connectivity index (χ1v) is 16.7. The van der Waals surface area contributed by atoms with Gasteiger partial charge in [0.05, 0.1) is 39.8 Å². The number of likely N-dealkylation sites (tertiary alicyclic amines) is 1. The number of anilines is 1. The number of halogens is 4. The van der Waals surface area contributed by atoms with E-state index >= 15 is 0 Å². The number of fused-ring (bicyclic) bond motifs is 3. The van der Waals surface area contributed by atoms with Crippen molar-refractivity contribution in [2.24, 2.45) is 0 Å². The van der Waals surface area contributed by atoms with Crippen molar-refractivity contribution in [3.05, 3.63) is 86.3 Å². The summed E-state index contributed by atoms with van der Waals surface area (Å²) in [6.07, 6.45) is 0.0168.